The van der Waals surface area contributed by atoms with Crippen LogP contribution in [0.25, 0.3) is 22.6 Å². The molecule has 31 heavy (non-hydrogen) atoms. The molecule has 0 saturated heterocycles. The summed E-state index contributed by atoms with van der Waals surface area (Å²) in [5, 5.41) is 6.47. The number of halogens is 5. The number of benzene rings is 1. The van der Waals surface area contributed by atoms with Crippen molar-refractivity contribution in [2.24, 2.45) is 0 Å². The van der Waals surface area contributed by atoms with Gasteiger partial charge in [0.1, 0.15) is 5.69 Å². The van der Waals surface area contributed by atoms with Crippen LogP contribution in [0.4, 0.5) is 22.0 Å². The van der Waals surface area contributed by atoms with Crippen molar-refractivity contribution in [3.05, 3.63) is 89.9 Å². The molecule has 0 amide bonds. The van der Waals surface area contributed by atoms with Crippen molar-refractivity contribution in [2.45, 2.75) is 13.1 Å². The van der Waals surface area contributed by atoms with Gasteiger partial charge in [0.15, 0.2) is 0 Å². The first kappa shape index (κ1) is 24.3. The zero-order valence-electron chi connectivity index (χ0n) is 15.8. The quantitative estimate of drug-likeness (QED) is 0.231. The second kappa shape index (κ2) is 10.4. The van der Waals surface area contributed by atoms with Crippen molar-refractivity contribution in [1.82, 2.24) is 20.2 Å². The molecule has 163 valence electrons. The first-order valence-electron chi connectivity index (χ1n) is 8.53. The molecule has 0 N–H and O–H groups in total. The SMILES string of the molecule is Cc1ccnc(-c2[c-]cc(F)cc2F)c1.FC(F)(F)c1cc(-c2ccccn2)[n-]n1.[Ir]. The van der Waals surface area contributed by atoms with E-state index in [1.165, 1.54) is 6.20 Å². The number of nitrogens with zero attached hydrogens (tertiary/aromatic N) is 4. The number of aromatic nitrogens is 4. The molecule has 4 aromatic rings. The number of pyridine rings is 2. The van der Waals surface area contributed by atoms with E-state index in [4.69, 9.17) is 0 Å². The maximum atomic E-state index is 13.4. The number of aryl methyl sites for hydroxylation is 1. The van der Waals surface area contributed by atoms with Gasteiger partial charge in [-0.05, 0) is 36.9 Å². The van der Waals surface area contributed by atoms with Crippen molar-refractivity contribution in [2.75, 3.05) is 0 Å². The van der Waals surface area contributed by atoms with Crippen molar-refractivity contribution >= 4 is 0 Å². The van der Waals surface area contributed by atoms with Gasteiger partial charge in [0.25, 0.3) is 0 Å². The van der Waals surface area contributed by atoms with Gasteiger partial charge in [0.05, 0.1) is 0 Å². The van der Waals surface area contributed by atoms with Gasteiger partial charge in [-0.25, -0.2) is 0 Å². The topological polar surface area (TPSA) is 52.8 Å². The summed E-state index contributed by atoms with van der Waals surface area (Å²) < 4.78 is 62.6. The Bertz CT molecular complexity index is 1130. The molecule has 0 aliphatic carbocycles. The Morgan fingerprint density at radius 1 is 0.935 bits per heavy atom. The summed E-state index contributed by atoms with van der Waals surface area (Å²) >= 11 is 0. The van der Waals surface area contributed by atoms with E-state index in [0.29, 0.717) is 11.4 Å². The van der Waals surface area contributed by atoms with E-state index < -0.39 is 23.5 Å². The van der Waals surface area contributed by atoms with Crippen LogP contribution in [0.5, 0.6) is 0 Å². The minimum Gasteiger partial charge on any atom is -0.573 e. The molecular weight excluding hydrogens is 595 g/mol. The largest absolute Gasteiger partial charge is 0.573 e. The zero-order chi connectivity index (χ0) is 21.7. The Hall–Kier alpha value is -2.97. The Labute approximate surface area is 187 Å². The van der Waals surface area contributed by atoms with Crippen LogP contribution in [0.1, 0.15) is 11.3 Å². The molecule has 0 bridgehead atoms. The molecule has 3 aromatic heterocycles. The van der Waals surface area contributed by atoms with Crippen molar-refractivity contribution < 1.29 is 42.1 Å². The number of rotatable bonds is 2. The van der Waals surface area contributed by atoms with Crippen LogP contribution in [0.2, 0.25) is 0 Å². The fourth-order valence-electron chi connectivity index (χ4n) is 2.39. The van der Waals surface area contributed by atoms with Gasteiger partial charge >= 0.3 is 6.18 Å². The van der Waals surface area contributed by atoms with Crippen LogP contribution >= 0.6 is 0 Å². The Balaban J connectivity index is 0.000000213. The Morgan fingerprint density at radius 3 is 2.26 bits per heavy atom. The molecule has 0 aliphatic heterocycles. The zero-order valence-corrected chi connectivity index (χ0v) is 18.2. The van der Waals surface area contributed by atoms with Gasteiger partial charge in [0, 0.05) is 49.8 Å². The molecule has 0 fully saturated rings. The smallest absolute Gasteiger partial charge is 0.431 e. The van der Waals surface area contributed by atoms with Gasteiger partial charge in [-0.15, -0.1) is 12.1 Å². The molecule has 0 aliphatic rings. The average molecular weight is 609 g/mol. The summed E-state index contributed by atoms with van der Waals surface area (Å²) in [6, 6.07) is 13.8. The van der Waals surface area contributed by atoms with E-state index in [0.717, 1.165) is 23.8 Å². The second-order valence-electron chi connectivity index (χ2n) is 6.09. The van der Waals surface area contributed by atoms with E-state index in [-0.39, 0.29) is 31.4 Å². The predicted octanol–water partition coefficient (Wildman–Crippen LogP) is 5.25. The fourth-order valence-corrected chi connectivity index (χ4v) is 2.39. The standard InChI is InChI=1S/C12H8F2N.C9H5F3N3.Ir/c1-8-4-5-15-12(6-8)10-3-2-9(13)7-11(10)14;10-9(11,12)8-5-7(14-15-8)6-3-1-2-4-13-6;/h2,4-7H,1H3;1-5H;/q2*-1;. The second-order valence-corrected chi connectivity index (χ2v) is 6.09. The Morgan fingerprint density at radius 2 is 1.68 bits per heavy atom. The van der Waals surface area contributed by atoms with Gasteiger partial charge in [-0.1, -0.05) is 35.0 Å². The van der Waals surface area contributed by atoms with Crippen molar-refractivity contribution in [3.8, 4) is 22.6 Å². The molecule has 4 rings (SSSR count). The van der Waals surface area contributed by atoms with Gasteiger partial charge < -0.3 is 15.2 Å². The minimum atomic E-state index is -4.46. The minimum absolute atomic E-state index is 0. The first-order valence-corrected chi connectivity index (χ1v) is 8.53. The molecule has 0 saturated carbocycles. The summed E-state index contributed by atoms with van der Waals surface area (Å²) in [6.07, 6.45) is -1.39. The molecule has 10 heteroatoms. The molecule has 0 atom stereocenters. The van der Waals surface area contributed by atoms with E-state index >= 15 is 0 Å². The van der Waals surface area contributed by atoms with E-state index in [9.17, 15) is 22.0 Å². The average Bonchev–Trinajstić information content (AvgIpc) is 3.20. The number of hydrogen-bond acceptors (Lipinski definition) is 3. The van der Waals surface area contributed by atoms with Gasteiger partial charge in [-0.2, -0.15) is 13.2 Å². The summed E-state index contributed by atoms with van der Waals surface area (Å²) in [5.41, 5.74) is 1.14. The van der Waals surface area contributed by atoms with Gasteiger partial charge in [-0.3, -0.25) is 13.8 Å². The normalized spacial score (nSPS) is 10.6. The van der Waals surface area contributed by atoms with Crippen LogP contribution in [0, 0.1) is 24.6 Å². The van der Waals surface area contributed by atoms with Crippen LogP contribution in [0.3, 0.4) is 0 Å². The molecule has 4 nitrogen and oxygen atoms in total. The predicted molar refractivity (Wildman–Crippen MR) is 99.0 cm³/mol. The van der Waals surface area contributed by atoms with Crippen LogP contribution in [-0.2, 0) is 26.3 Å². The molecule has 0 spiro atoms. The van der Waals surface area contributed by atoms with E-state index in [1.54, 1.807) is 30.5 Å². The third-order valence-electron chi connectivity index (χ3n) is 3.79. The molecule has 1 radical (unpaired) electrons. The number of alkyl halides is 3. The van der Waals surface area contributed by atoms with Crippen molar-refractivity contribution in [1.29, 1.82) is 0 Å². The molecule has 3 heterocycles. The fraction of sp³-hybridized carbons (Fsp3) is 0.0952. The molecule has 0 unspecified atom stereocenters. The third-order valence-corrected chi connectivity index (χ3v) is 3.79. The maximum Gasteiger partial charge on any atom is 0.431 e. The number of hydrogen-bond donors (Lipinski definition) is 0. The third kappa shape index (κ3) is 6.50. The van der Waals surface area contributed by atoms with Gasteiger partial charge in [0.2, 0.25) is 0 Å². The first-order chi connectivity index (χ1) is 14.2. The Kier molecular flexibility index (Phi) is 8.13. The molecule has 1 aromatic carbocycles. The summed E-state index contributed by atoms with van der Waals surface area (Å²) in [4.78, 5) is 7.88. The van der Waals surface area contributed by atoms with Crippen LogP contribution < -0.4 is 5.10 Å². The maximum absolute atomic E-state index is 13.4. The van der Waals surface area contributed by atoms with E-state index in [1.807, 2.05) is 13.0 Å². The monoisotopic (exact) mass is 609 g/mol. The van der Waals surface area contributed by atoms with E-state index in [2.05, 4.69) is 26.2 Å². The summed E-state index contributed by atoms with van der Waals surface area (Å²) in [6.45, 7) is 1.88. The van der Waals surface area contributed by atoms with Crippen molar-refractivity contribution in [3.63, 3.8) is 0 Å². The summed E-state index contributed by atoms with van der Waals surface area (Å²) in [7, 11) is 0. The molecular formula is C21H13F5IrN4-2. The van der Waals surface area contributed by atoms with Crippen LogP contribution in [-0.4, -0.2) is 15.1 Å². The summed E-state index contributed by atoms with van der Waals surface area (Å²) in [5.74, 6) is -1.28. The van der Waals surface area contributed by atoms with Crippen LogP contribution in [0.15, 0.2) is 60.9 Å².